The van der Waals surface area contributed by atoms with Gasteiger partial charge in [0.05, 0.1) is 12.2 Å². The van der Waals surface area contributed by atoms with Crippen molar-refractivity contribution in [2.75, 3.05) is 0 Å². The summed E-state index contributed by atoms with van der Waals surface area (Å²) < 4.78 is 39.7. The van der Waals surface area contributed by atoms with Gasteiger partial charge in [0.1, 0.15) is 17.8 Å². The minimum Gasteiger partial charge on any atom is -0.344 e. The summed E-state index contributed by atoms with van der Waals surface area (Å²) >= 11 is 6.09. The van der Waals surface area contributed by atoms with E-state index in [0.29, 0.717) is 16.1 Å². The number of nitrogens with one attached hydrogen (secondary N) is 3. The third kappa shape index (κ3) is 9.37. The number of alkyl halides is 3. The van der Waals surface area contributed by atoms with E-state index in [1.807, 2.05) is 0 Å². The van der Waals surface area contributed by atoms with Crippen LogP contribution in [0.1, 0.15) is 35.5 Å². The molecule has 3 amide bonds. The number of carbonyl (C=O) groups excluding carboxylic acids is 4. The second-order valence-corrected chi connectivity index (χ2v) is 10.2. The van der Waals surface area contributed by atoms with Crippen LogP contribution in [0, 0.1) is 5.92 Å². The number of hydrogen-bond acceptors (Lipinski definition) is 6. The van der Waals surface area contributed by atoms with E-state index < -0.39 is 53.7 Å². The highest BCUT2D eigenvalue weighted by Crippen LogP contribution is 2.21. The Kier molecular flexibility index (Phi) is 11.1. The molecule has 222 valence electrons. The van der Waals surface area contributed by atoms with Crippen LogP contribution in [0.15, 0.2) is 73.2 Å². The summed E-state index contributed by atoms with van der Waals surface area (Å²) in [5, 5.41) is 7.68. The van der Waals surface area contributed by atoms with Crippen molar-refractivity contribution in [3.05, 3.63) is 95.0 Å². The fourth-order valence-corrected chi connectivity index (χ4v) is 4.27. The number of amides is 3. The van der Waals surface area contributed by atoms with E-state index >= 15 is 0 Å². The topological polar surface area (TPSA) is 130 Å². The highest BCUT2D eigenvalue weighted by molar-refractivity contribution is 6.30. The lowest BCUT2D eigenvalue weighted by molar-refractivity contribution is -0.175. The fourth-order valence-electron chi connectivity index (χ4n) is 4.05. The lowest BCUT2D eigenvalue weighted by atomic mass is 9.97. The van der Waals surface area contributed by atoms with E-state index in [0.717, 1.165) is 0 Å². The molecule has 1 aromatic heterocycles. The number of nitrogens with zero attached hydrogens (tertiary/aromatic N) is 2. The predicted molar refractivity (Wildman–Crippen MR) is 148 cm³/mol. The number of halogens is 4. The number of benzene rings is 2. The largest absolute Gasteiger partial charge is 0.452 e. The SMILES string of the molecule is CC(C)[C@H](NC(=O)[C@H](Cc1ccccc1)NC(=O)[C@H](Cc1cccc(Cl)c1)NC(=O)c1cnccn1)C(=O)C(F)(F)F. The first-order valence-electron chi connectivity index (χ1n) is 12.9. The van der Waals surface area contributed by atoms with Crippen LogP contribution in [0.5, 0.6) is 0 Å². The lowest BCUT2D eigenvalue weighted by Crippen LogP contribution is -2.58. The van der Waals surface area contributed by atoms with Crippen molar-refractivity contribution in [1.82, 2.24) is 25.9 Å². The van der Waals surface area contributed by atoms with Gasteiger partial charge < -0.3 is 16.0 Å². The Morgan fingerprint density at radius 2 is 1.45 bits per heavy atom. The standard InChI is InChI=1S/C29H29ClF3N5O4/c1-17(2)24(25(39)29(31,32)33)38-27(41)21(14-18-7-4-3-5-8-18)36-26(40)22(15-19-9-6-10-20(30)13-19)37-28(42)23-16-34-11-12-35-23/h3-13,16-17,21-22,24H,14-15H2,1-2H3,(H,36,40)(H,37,42)(H,38,41)/t21-,22-,24-/m0/s1. The van der Waals surface area contributed by atoms with Crippen LogP contribution in [-0.2, 0) is 27.2 Å². The maximum Gasteiger partial charge on any atom is 0.452 e. The van der Waals surface area contributed by atoms with Crippen LogP contribution in [-0.4, -0.2) is 57.8 Å². The van der Waals surface area contributed by atoms with Gasteiger partial charge in [0.2, 0.25) is 11.8 Å². The normalized spacial score (nSPS) is 13.5. The lowest BCUT2D eigenvalue weighted by Gasteiger charge is -2.27. The second-order valence-electron chi connectivity index (χ2n) is 9.79. The molecule has 0 saturated carbocycles. The molecule has 0 spiro atoms. The Balaban J connectivity index is 1.90. The van der Waals surface area contributed by atoms with Crippen molar-refractivity contribution in [3.63, 3.8) is 0 Å². The maximum atomic E-state index is 13.6. The molecule has 0 aliphatic rings. The molecule has 3 aromatic rings. The molecule has 0 unspecified atom stereocenters. The molecule has 0 radical (unpaired) electrons. The summed E-state index contributed by atoms with van der Waals surface area (Å²) in [6.07, 6.45) is -1.45. The average Bonchev–Trinajstić information content (AvgIpc) is 2.95. The fraction of sp³-hybridized carbons (Fsp3) is 0.310. The van der Waals surface area contributed by atoms with Gasteiger partial charge >= 0.3 is 6.18 Å². The van der Waals surface area contributed by atoms with Crippen LogP contribution in [0.3, 0.4) is 0 Å². The van der Waals surface area contributed by atoms with Crippen molar-refractivity contribution in [2.24, 2.45) is 5.92 Å². The molecule has 0 saturated heterocycles. The number of hydrogen-bond donors (Lipinski definition) is 3. The van der Waals surface area contributed by atoms with E-state index in [1.165, 1.54) is 32.4 Å². The number of aromatic nitrogens is 2. The molecule has 0 fully saturated rings. The molecule has 1 heterocycles. The molecular weight excluding hydrogens is 575 g/mol. The van der Waals surface area contributed by atoms with Crippen molar-refractivity contribution in [2.45, 2.75) is 51.0 Å². The van der Waals surface area contributed by atoms with E-state index in [1.54, 1.807) is 54.6 Å². The van der Waals surface area contributed by atoms with Gasteiger partial charge in [-0.05, 0) is 29.2 Å². The Hall–Kier alpha value is -4.32. The smallest absolute Gasteiger partial charge is 0.344 e. The van der Waals surface area contributed by atoms with E-state index in [4.69, 9.17) is 11.6 Å². The van der Waals surface area contributed by atoms with E-state index in [-0.39, 0.29) is 18.5 Å². The highest BCUT2D eigenvalue weighted by Gasteiger charge is 2.45. The first-order chi connectivity index (χ1) is 19.8. The minimum absolute atomic E-state index is 0.0424. The van der Waals surface area contributed by atoms with Gasteiger partial charge in [-0.3, -0.25) is 24.2 Å². The van der Waals surface area contributed by atoms with E-state index in [9.17, 15) is 32.3 Å². The first-order valence-corrected chi connectivity index (χ1v) is 13.3. The van der Waals surface area contributed by atoms with Crippen molar-refractivity contribution >= 4 is 35.1 Å². The van der Waals surface area contributed by atoms with Gasteiger partial charge in [-0.2, -0.15) is 13.2 Å². The molecule has 3 atom stereocenters. The van der Waals surface area contributed by atoms with Crippen molar-refractivity contribution in [3.8, 4) is 0 Å². The Morgan fingerprint density at radius 3 is 2.05 bits per heavy atom. The van der Waals surface area contributed by atoms with E-state index in [2.05, 4.69) is 25.9 Å². The van der Waals surface area contributed by atoms with Gasteiger partial charge in [0, 0.05) is 30.3 Å². The second kappa shape index (κ2) is 14.5. The van der Waals surface area contributed by atoms with Crippen molar-refractivity contribution in [1.29, 1.82) is 0 Å². The zero-order chi connectivity index (χ0) is 30.9. The van der Waals surface area contributed by atoms with Crippen LogP contribution in [0.25, 0.3) is 0 Å². The van der Waals surface area contributed by atoms with Gasteiger partial charge in [-0.1, -0.05) is 67.9 Å². The number of carbonyl (C=O) groups is 4. The Labute approximate surface area is 245 Å². The number of Topliss-reactive ketones (excluding diaryl/α,β-unsaturated/α-hetero) is 1. The molecule has 0 bridgehead atoms. The van der Waals surface area contributed by atoms with Crippen LogP contribution in [0.2, 0.25) is 5.02 Å². The third-order valence-electron chi connectivity index (χ3n) is 6.19. The molecule has 13 heteroatoms. The molecular formula is C29H29ClF3N5O4. The molecule has 0 aliphatic carbocycles. The quantitative estimate of drug-likeness (QED) is 0.291. The number of ketones is 1. The summed E-state index contributed by atoms with van der Waals surface area (Å²) in [5.74, 6) is -5.51. The highest BCUT2D eigenvalue weighted by atomic mass is 35.5. The molecule has 2 aromatic carbocycles. The van der Waals surface area contributed by atoms with Gasteiger partial charge in [0.25, 0.3) is 11.7 Å². The Bertz CT molecular complexity index is 1390. The summed E-state index contributed by atoms with van der Waals surface area (Å²) in [4.78, 5) is 59.6. The zero-order valence-electron chi connectivity index (χ0n) is 22.7. The third-order valence-corrected chi connectivity index (χ3v) is 6.42. The van der Waals surface area contributed by atoms with Gasteiger partial charge in [0.15, 0.2) is 0 Å². The monoisotopic (exact) mass is 603 g/mol. The average molecular weight is 604 g/mol. The molecule has 42 heavy (non-hydrogen) atoms. The predicted octanol–water partition coefficient (Wildman–Crippen LogP) is 3.47. The van der Waals surface area contributed by atoms with Gasteiger partial charge in [-0.15, -0.1) is 0 Å². The minimum atomic E-state index is -5.17. The van der Waals surface area contributed by atoms with Crippen LogP contribution in [0.4, 0.5) is 13.2 Å². The van der Waals surface area contributed by atoms with Crippen LogP contribution >= 0.6 is 11.6 Å². The van der Waals surface area contributed by atoms with Crippen molar-refractivity contribution < 1.29 is 32.3 Å². The number of rotatable bonds is 12. The zero-order valence-corrected chi connectivity index (χ0v) is 23.4. The maximum absolute atomic E-state index is 13.6. The molecule has 3 rings (SSSR count). The first kappa shape index (κ1) is 32.2. The summed E-state index contributed by atoms with van der Waals surface area (Å²) in [7, 11) is 0. The molecule has 0 aliphatic heterocycles. The molecule has 3 N–H and O–H groups in total. The molecule has 9 nitrogen and oxygen atoms in total. The summed E-state index contributed by atoms with van der Waals surface area (Å²) in [5.41, 5.74) is 1.11. The summed E-state index contributed by atoms with van der Waals surface area (Å²) in [6.45, 7) is 2.73. The van der Waals surface area contributed by atoms with Gasteiger partial charge in [-0.25, -0.2) is 4.98 Å². The summed E-state index contributed by atoms with van der Waals surface area (Å²) in [6, 6.07) is 10.5. The van der Waals surface area contributed by atoms with Crippen LogP contribution < -0.4 is 16.0 Å². The Morgan fingerprint density at radius 1 is 0.833 bits per heavy atom.